The van der Waals surface area contributed by atoms with Crippen molar-refractivity contribution in [3.8, 4) is 0 Å². The lowest BCUT2D eigenvalue weighted by Gasteiger charge is -2.31. The fourth-order valence-electron chi connectivity index (χ4n) is 5.52. The summed E-state index contributed by atoms with van der Waals surface area (Å²) in [6, 6.07) is 9.94. The number of non-ortho nitro benzene ring substituents is 1. The molecule has 2 aliphatic carbocycles. The van der Waals surface area contributed by atoms with E-state index in [9.17, 15) is 24.5 Å². The van der Waals surface area contributed by atoms with Gasteiger partial charge in [-0.05, 0) is 42.0 Å². The van der Waals surface area contributed by atoms with Crippen molar-refractivity contribution in [2.75, 3.05) is 0 Å². The van der Waals surface area contributed by atoms with Crippen LogP contribution < -0.4 is 0 Å². The van der Waals surface area contributed by atoms with E-state index in [1.54, 1.807) is 18.2 Å². The molecule has 0 aromatic heterocycles. The number of benzene rings is 2. The molecule has 0 radical (unpaired) electrons. The lowest BCUT2D eigenvalue weighted by atomic mass is 9.81. The Hall–Kier alpha value is -2.01. The van der Waals surface area contributed by atoms with Crippen LogP contribution in [0.3, 0.4) is 0 Å². The number of hydrogen-bond acceptors (Lipinski definition) is 5. The van der Waals surface area contributed by atoms with Gasteiger partial charge in [-0.2, -0.15) is 5.01 Å². The maximum atomic E-state index is 13.7. The van der Waals surface area contributed by atoms with E-state index in [0.717, 1.165) is 22.5 Å². The molecule has 12 heteroatoms. The number of nitrogens with zero attached hydrogens (tertiary/aromatic N) is 3. The van der Waals surface area contributed by atoms with Crippen molar-refractivity contribution in [2.45, 2.75) is 22.6 Å². The first kappa shape index (κ1) is 24.7. The van der Waals surface area contributed by atoms with Crippen LogP contribution in [0.4, 0.5) is 5.69 Å². The van der Waals surface area contributed by atoms with Crippen molar-refractivity contribution in [3.63, 3.8) is 0 Å². The highest BCUT2D eigenvalue weighted by atomic mass is 79.9. The summed E-state index contributed by atoms with van der Waals surface area (Å²) in [4.78, 5) is 51.6. The number of hydrogen-bond donors (Lipinski definition) is 0. The van der Waals surface area contributed by atoms with E-state index in [-0.39, 0.29) is 44.3 Å². The summed E-state index contributed by atoms with van der Waals surface area (Å²) in [5.74, 6) is -2.70. The van der Waals surface area contributed by atoms with E-state index in [1.165, 1.54) is 18.2 Å². The average molecular weight is 646 g/mol. The van der Waals surface area contributed by atoms with Crippen LogP contribution in [0.25, 0.3) is 0 Å². The molecule has 2 aromatic carbocycles. The molecular formula is C23H17Br2Cl2N3O5. The number of alkyl halides is 2. The third-order valence-electron chi connectivity index (χ3n) is 7.06. The zero-order valence-electron chi connectivity index (χ0n) is 17.8. The second kappa shape index (κ2) is 9.14. The molecule has 6 atom stereocenters. The second-order valence-corrected chi connectivity index (χ2v) is 11.8. The monoisotopic (exact) mass is 643 g/mol. The van der Waals surface area contributed by atoms with Gasteiger partial charge >= 0.3 is 0 Å². The van der Waals surface area contributed by atoms with Crippen LogP contribution in [-0.2, 0) is 16.1 Å². The van der Waals surface area contributed by atoms with Gasteiger partial charge in [0.15, 0.2) is 0 Å². The Bertz CT molecular complexity index is 1250. The number of carbonyl (C=O) groups excluding carboxylic acids is 3. The summed E-state index contributed by atoms with van der Waals surface area (Å²) in [5, 5.41) is 13.8. The predicted octanol–water partition coefficient (Wildman–Crippen LogP) is 5.24. The number of nitro groups is 1. The first-order chi connectivity index (χ1) is 16.6. The van der Waals surface area contributed by atoms with Crippen LogP contribution >= 0.6 is 55.1 Å². The van der Waals surface area contributed by atoms with Crippen LogP contribution in [0.1, 0.15) is 22.3 Å². The fourth-order valence-corrected chi connectivity index (χ4v) is 7.71. The summed E-state index contributed by atoms with van der Waals surface area (Å²) in [6.45, 7) is -0.153. The predicted molar refractivity (Wildman–Crippen MR) is 135 cm³/mol. The molecule has 182 valence electrons. The molecule has 1 saturated heterocycles. The zero-order chi connectivity index (χ0) is 25.2. The molecule has 1 heterocycles. The van der Waals surface area contributed by atoms with Gasteiger partial charge in [-0.1, -0.05) is 67.2 Å². The van der Waals surface area contributed by atoms with Gasteiger partial charge in [-0.3, -0.25) is 24.5 Å². The standard InChI is InChI=1S/C23H17Br2Cl2N3O5/c24-19-13-8-14(20(19)25)18-17(13)22(32)29(23(18)33)28(9-10-4-5-15(26)16(27)6-10)21(31)11-2-1-3-12(7-11)30(34)35/h1-7,13-14,17-20H,8-9H2/t13-,14-,17-,18+,19-,20+/m1/s1. The molecule has 0 unspecified atom stereocenters. The fraction of sp³-hybridized carbons (Fsp3) is 0.348. The maximum absolute atomic E-state index is 13.7. The van der Waals surface area contributed by atoms with Crippen LogP contribution in [-0.4, -0.2) is 42.3 Å². The normalized spacial score (nSPS) is 29.0. The first-order valence-corrected chi connectivity index (χ1v) is 13.3. The summed E-state index contributed by atoms with van der Waals surface area (Å²) < 4.78 is 0. The molecule has 2 saturated carbocycles. The molecule has 3 fully saturated rings. The molecule has 5 rings (SSSR count). The highest BCUT2D eigenvalue weighted by molar-refractivity contribution is 9.12. The Morgan fingerprint density at radius 3 is 2.23 bits per heavy atom. The number of imide groups is 1. The molecule has 0 spiro atoms. The molecule has 3 aliphatic rings. The lowest BCUT2D eigenvalue weighted by Crippen LogP contribution is -2.50. The molecule has 35 heavy (non-hydrogen) atoms. The largest absolute Gasteiger partial charge is 0.273 e. The van der Waals surface area contributed by atoms with Gasteiger partial charge in [0.2, 0.25) is 0 Å². The Morgan fingerprint density at radius 1 is 1.03 bits per heavy atom. The highest BCUT2D eigenvalue weighted by Crippen LogP contribution is 2.60. The number of carbonyl (C=O) groups is 3. The van der Waals surface area contributed by atoms with E-state index in [4.69, 9.17) is 23.2 Å². The number of halogens is 4. The Morgan fingerprint density at radius 2 is 1.66 bits per heavy atom. The highest BCUT2D eigenvalue weighted by Gasteiger charge is 2.67. The van der Waals surface area contributed by atoms with Crippen LogP contribution in [0.15, 0.2) is 42.5 Å². The van der Waals surface area contributed by atoms with Crippen LogP contribution in [0.5, 0.6) is 0 Å². The minimum absolute atomic E-state index is 0.0170. The van der Waals surface area contributed by atoms with Crippen molar-refractivity contribution >= 4 is 78.5 Å². The van der Waals surface area contributed by atoms with E-state index in [1.807, 2.05) is 0 Å². The molecule has 2 aromatic rings. The topological polar surface area (TPSA) is 101 Å². The summed E-state index contributed by atoms with van der Waals surface area (Å²) in [5.41, 5.74) is 0.246. The van der Waals surface area contributed by atoms with Gasteiger partial charge in [0.1, 0.15) is 0 Å². The number of fused-ring (bicyclic) bond motifs is 5. The molecular weight excluding hydrogens is 629 g/mol. The summed E-state index contributed by atoms with van der Waals surface area (Å²) in [7, 11) is 0. The van der Waals surface area contributed by atoms with Gasteiger partial charge in [0.05, 0.1) is 33.3 Å². The molecule has 2 bridgehead atoms. The average Bonchev–Trinajstić information content (AvgIpc) is 3.44. The van der Waals surface area contributed by atoms with E-state index >= 15 is 0 Å². The number of hydrazine groups is 1. The minimum Gasteiger partial charge on any atom is -0.272 e. The maximum Gasteiger partial charge on any atom is 0.273 e. The molecule has 8 nitrogen and oxygen atoms in total. The van der Waals surface area contributed by atoms with E-state index in [2.05, 4.69) is 31.9 Å². The molecule has 1 aliphatic heterocycles. The third-order valence-corrected chi connectivity index (χ3v) is 11.0. The minimum atomic E-state index is -0.709. The van der Waals surface area contributed by atoms with Crippen molar-refractivity contribution in [1.29, 1.82) is 0 Å². The van der Waals surface area contributed by atoms with Crippen LogP contribution in [0, 0.1) is 33.8 Å². The number of amides is 3. The Balaban J connectivity index is 1.55. The van der Waals surface area contributed by atoms with Gasteiger partial charge in [0, 0.05) is 27.4 Å². The third kappa shape index (κ3) is 3.98. The number of nitro benzene ring substituents is 1. The number of rotatable bonds is 5. The van der Waals surface area contributed by atoms with Crippen molar-refractivity contribution in [1.82, 2.24) is 10.0 Å². The SMILES string of the molecule is O=C(c1cccc([N+](=O)[O-])c1)N(Cc1ccc(Cl)c(Cl)c1)N1C(=O)[C@@H]2[C@H]3C[C@@H]([C@H](Br)[C@@H]3Br)[C@@H]2C1=O. The van der Waals surface area contributed by atoms with Crippen molar-refractivity contribution in [3.05, 3.63) is 73.8 Å². The van der Waals surface area contributed by atoms with E-state index < -0.39 is 34.5 Å². The lowest BCUT2D eigenvalue weighted by molar-refractivity contribution is -0.384. The van der Waals surface area contributed by atoms with Gasteiger partial charge in [-0.15, -0.1) is 0 Å². The first-order valence-electron chi connectivity index (χ1n) is 10.8. The second-order valence-electron chi connectivity index (χ2n) is 8.91. The molecule has 3 amide bonds. The van der Waals surface area contributed by atoms with Gasteiger partial charge < -0.3 is 0 Å². The Labute approximate surface area is 226 Å². The van der Waals surface area contributed by atoms with Crippen molar-refractivity contribution < 1.29 is 19.3 Å². The van der Waals surface area contributed by atoms with Gasteiger partial charge in [-0.25, -0.2) is 5.01 Å². The smallest absolute Gasteiger partial charge is 0.272 e. The summed E-state index contributed by atoms with van der Waals surface area (Å²) >= 11 is 19.5. The summed E-state index contributed by atoms with van der Waals surface area (Å²) in [6.07, 6.45) is 0.748. The quantitative estimate of drug-likeness (QED) is 0.192. The van der Waals surface area contributed by atoms with E-state index in [0.29, 0.717) is 10.6 Å². The van der Waals surface area contributed by atoms with Crippen LogP contribution in [0.2, 0.25) is 10.0 Å². The Kier molecular flexibility index (Phi) is 6.44. The van der Waals surface area contributed by atoms with Crippen molar-refractivity contribution in [2.24, 2.45) is 23.7 Å². The van der Waals surface area contributed by atoms with Gasteiger partial charge in [0.25, 0.3) is 23.4 Å². The molecule has 0 N–H and O–H groups in total. The zero-order valence-corrected chi connectivity index (χ0v) is 22.5.